The van der Waals surface area contributed by atoms with Crippen LogP contribution in [-0.4, -0.2) is 46.1 Å². The van der Waals surface area contributed by atoms with Crippen molar-refractivity contribution in [2.75, 3.05) is 25.0 Å². The second-order valence-electron chi connectivity index (χ2n) is 5.92. The number of likely N-dealkylation sites (N-methyl/N-ethyl adjacent to an activating group) is 1. The highest BCUT2D eigenvalue weighted by Gasteiger charge is 2.22. The SMILES string of the molecule is CN[C@@H]1CCCN(c2ccnc3[nH]cc(-c4ccncn4)c23)C1. The number of H-pyrrole nitrogens is 1. The highest BCUT2D eigenvalue weighted by Crippen LogP contribution is 2.34. The highest BCUT2D eigenvalue weighted by atomic mass is 15.2. The molecule has 0 amide bonds. The fraction of sp³-hybridized carbons (Fsp3) is 0.353. The van der Waals surface area contributed by atoms with Crippen LogP contribution in [0.3, 0.4) is 0 Å². The third-order valence-corrected chi connectivity index (χ3v) is 4.58. The molecule has 0 spiro atoms. The number of fused-ring (bicyclic) bond motifs is 1. The van der Waals surface area contributed by atoms with Gasteiger partial charge in [0.25, 0.3) is 0 Å². The van der Waals surface area contributed by atoms with Gasteiger partial charge in [-0.2, -0.15) is 0 Å². The van der Waals surface area contributed by atoms with E-state index in [0.29, 0.717) is 6.04 Å². The van der Waals surface area contributed by atoms with Gasteiger partial charge in [0, 0.05) is 43.3 Å². The van der Waals surface area contributed by atoms with Crippen LogP contribution in [0.4, 0.5) is 5.69 Å². The van der Waals surface area contributed by atoms with Crippen LogP contribution in [0.5, 0.6) is 0 Å². The third-order valence-electron chi connectivity index (χ3n) is 4.58. The maximum Gasteiger partial charge on any atom is 0.140 e. The van der Waals surface area contributed by atoms with E-state index in [1.54, 1.807) is 12.5 Å². The molecular weight excluding hydrogens is 288 g/mol. The van der Waals surface area contributed by atoms with Crippen molar-refractivity contribution in [2.24, 2.45) is 0 Å². The zero-order chi connectivity index (χ0) is 15.6. The number of hydrogen-bond acceptors (Lipinski definition) is 5. The molecule has 1 saturated heterocycles. The minimum Gasteiger partial charge on any atom is -0.369 e. The molecule has 118 valence electrons. The summed E-state index contributed by atoms with van der Waals surface area (Å²) in [6, 6.07) is 4.58. The lowest BCUT2D eigenvalue weighted by atomic mass is 10.0. The van der Waals surface area contributed by atoms with Gasteiger partial charge in [-0.1, -0.05) is 0 Å². The van der Waals surface area contributed by atoms with Gasteiger partial charge < -0.3 is 15.2 Å². The predicted molar refractivity (Wildman–Crippen MR) is 91.4 cm³/mol. The molecule has 1 aliphatic rings. The van der Waals surface area contributed by atoms with Crippen LogP contribution in [0.25, 0.3) is 22.3 Å². The first-order valence-corrected chi connectivity index (χ1v) is 8.01. The quantitative estimate of drug-likeness (QED) is 0.776. The Morgan fingerprint density at radius 1 is 1.26 bits per heavy atom. The molecule has 0 aromatic carbocycles. The average molecular weight is 308 g/mol. The molecule has 2 N–H and O–H groups in total. The molecule has 0 saturated carbocycles. The average Bonchev–Trinajstić information content (AvgIpc) is 3.06. The largest absolute Gasteiger partial charge is 0.369 e. The van der Waals surface area contributed by atoms with E-state index in [2.05, 4.69) is 36.2 Å². The van der Waals surface area contributed by atoms with Crippen molar-refractivity contribution in [1.82, 2.24) is 25.3 Å². The monoisotopic (exact) mass is 308 g/mol. The molecule has 0 bridgehead atoms. The van der Waals surface area contributed by atoms with E-state index in [1.165, 1.54) is 18.5 Å². The molecule has 3 aromatic rings. The Hall–Kier alpha value is -2.47. The summed E-state index contributed by atoms with van der Waals surface area (Å²) in [5.41, 5.74) is 4.13. The summed E-state index contributed by atoms with van der Waals surface area (Å²) in [5, 5.41) is 4.55. The van der Waals surface area contributed by atoms with Crippen LogP contribution < -0.4 is 10.2 Å². The van der Waals surface area contributed by atoms with Crippen LogP contribution in [-0.2, 0) is 0 Å². The highest BCUT2D eigenvalue weighted by molar-refractivity contribution is 6.01. The number of pyridine rings is 1. The lowest BCUT2D eigenvalue weighted by Crippen LogP contribution is -2.44. The molecule has 0 aliphatic carbocycles. The van der Waals surface area contributed by atoms with Gasteiger partial charge in [0.05, 0.1) is 16.8 Å². The smallest absolute Gasteiger partial charge is 0.140 e. The summed E-state index contributed by atoms with van der Waals surface area (Å²) in [5.74, 6) is 0. The molecule has 0 radical (unpaired) electrons. The fourth-order valence-corrected chi connectivity index (χ4v) is 3.39. The van der Waals surface area contributed by atoms with Gasteiger partial charge in [0.2, 0.25) is 0 Å². The number of nitrogens with one attached hydrogen (secondary N) is 2. The van der Waals surface area contributed by atoms with E-state index in [4.69, 9.17) is 0 Å². The first-order valence-electron chi connectivity index (χ1n) is 8.01. The summed E-state index contributed by atoms with van der Waals surface area (Å²) in [6.45, 7) is 2.09. The lowest BCUT2D eigenvalue weighted by Gasteiger charge is -2.34. The molecular formula is C17H20N6. The van der Waals surface area contributed by atoms with E-state index in [1.807, 2.05) is 25.5 Å². The Morgan fingerprint density at radius 3 is 3.04 bits per heavy atom. The number of anilines is 1. The van der Waals surface area contributed by atoms with Crippen molar-refractivity contribution >= 4 is 16.7 Å². The number of hydrogen-bond donors (Lipinski definition) is 2. The Morgan fingerprint density at radius 2 is 2.22 bits per heavy atom. The van der Waals surface area contributed by atoms with Gasteiger partial charge in [-0.25, -0.2) is 15.0 Å². The van der Waals surface area contributed by atoms with Gasteiger partial charge in [0.15, 0.2) is 0 Å². The van der Waals surface area contributed by atoms with Crippen LogP contribution in [0.2, 0.25) is 0 Å². The van der Waals surface area contributed by atoms with Crippen molar-refractivity contribution < 1.29 is 0 Å². The minimum absolute atomic E-state index is 0.536. The molecule has 4 rings (SSSR count). The topological polar surface area (TPSA) is 69.7 Å². The van der Waals surface area contributed by atoms with Crippen molar-refractivity contribution in [1.29, 1.82) is 0 Å². The van der Waals surface area contributed by atoms with Gasteiger partial charge in [0.1, 0.15) is 12.0 Å². The fourth-order valence-electron chi connectivity index (χ4n) is 3.39. The molecule has 1 aliphatic heterocycles. The summed E-state index contributed by atoms with van der Waals surface area (Å²) in [6.07, 6.45) is 9.65. The summed E-state index contributed by atoms with van der Waals surface area (Å²) < 4.78 is 0. The normalized spacial score (nSPS) is 18.5. The molecule has 1 fully saturated rings. The second kappa shape index (κ2) is 5.96. The van der Waals surface area contributed by atoms with E-state index in [0.717, 1.165) is 35.4 Å². The summed E-state index contributed by atoms with van der Waals surface area (Å²) in [7, 11) is 2.04. The molecule has 6 nitrogen and oxygen atoms in total. The third kappa shape index (κ3) is 2.55. The molecule has 6 heteroatoms. The molecule has 23 heavy (non-hydrogen) atoms. The summed E-state index contributed by atoms with van der Waals surface area (Å²) in [4.78, 5) is 18.6. The van der Waals surface area contributed by atoms with Crippen LogP contribution >= 0.6 is 0 Å². The Kier molecular flexibility index (Phi) is 3.67. The van der Waals surface area contributed by atoms with Gasteiger partial charge >= 0.3 is 0 Å². The van der Waals surface area contributed by atoms with Crippen LogP contribution in [0.1, 0.15) is 12.8 Å². The van der Waals surface area contributed by atoms with Gasteiger partial charge in [-0.05, 0) is 32.0 Å². The predicted octanol–water partition coefficient (Wildman–Crippen LogP) is 2.21. The zero-order valence-corrected chi connectivity index (χ0v) is 13.2. The maximum absolute atomic E-state index is 4.48. The maximum atomic E-state index is 4.48. The van der Waals surface area contributed by atoms with Crippen molar-refractivity contribution in [3.63, 3.8) is 0 Å². The number of aromatic amines is 1. The number of nitrogens with zero attached hydrogens (tertiary/aromatic N) is 4. The first-order chi connectivity index (χ1) is 11.4. The van der Waals surface area contributed by atoms with Crippen molar-refractivity contribution in [3.05, 3.63) is 37.1 Å². The number of piperidine rings is 1. The number of aromatic nitrogens is 4. The first kappa shape index (κ1) is 14.1. The Labute approximate surface area is 135 Å². The molecule has 3 aromatic heterocycles. The van der Waals surface area contributed by atoms with E-state index >= 15 is 0 Å². The van der Waals surface area contributed by atoms with Gasteiger partial charge in [-0.3, -0.25) is 0 Å². The van der Waals surface area contributed by atoms with Crippen LogP contribution in [0, 0.1) is 0 Å². The van der Waals surface area contributed by atoms with E-state index in [-0.39, 0.29) is 0 Å². The number of rotatable bonds is 3. The second-order valence-corrected chi connectivity index (χ2v) is 5.92. The lowest BCUT2D eigenvalue weighted by molar-refractivity contribution is 0.450. The summed E-state index contributed by atoms with van der Waals surface area (Å²) >= 11 is 0. The van der Waals surface area contributed by atoms with Gasteiger partial charge in [-0.15, -0.1) is 0 Å². The van der Waals surface area contributed by atoms with E-state index < -0.39 is 0 Å². The van der Waals surface area contributed by atoms with Crippen molar-refractivity contribution in [2.45, 2.75) is 18.9 Å². The Bertz CT molecular complexity index is 797. The molecule has 0 unspecified atom stereocenters. The van der Waals surface area contributed by atoms with Crippen molar-refractivity contribution in [3.8, 4) is 11.3 Å². The van der Waals surface area contributed by atoms with Crippen LogP contribution in [0.15, 0.2) is 37.1 Å². The molecule has 1 atom stereocenters. The zero-order valence-electron chi connectivity index (χ0n) is 13.2. The standard InChI is InChI=1S/C17H20N6/c1-18-12-3-2-8-23(10-12)15-5-7-20-17-16(15)13(9-21-17)14-4-6-19-11-22-14/h4-7,9,11-12,18H,2-3,8,10H2,1H3,(H,20,21)/t12-/m1/s1. The van der Waals surface area contributed by atoms with E-state index in [9.17, 15) is 0 Å². The molecule has 4 heterocycles. The minimum atomic E-state index is 0.536. The Balaban J connectivity index is 1.82.